The number of nitrogen functional groups attached to an aromatic ring is 1. The number of carbonyl (C=O) groups is 2. The average molecular weight is 482 g/mol. The van der Waals surface area contributed by atoms with Crippen LogP contribution in [-0.4, -0.2) is 68.0 Å². The highest BCUT2D eigenvalue weighted by Crippen LogP contribution is 2.42. The van der Waals surface area contributed by atoms with Crippen LogP contribution < -0.4 is 16.4 Å². The van der Waals surface area contributed by atoms with Gasteiger partial charge in [0, 0.05) is 36.3 Å². The van der Waals surface area contributed by atoms with Crippen molar-refractivity contribution >= 4 is 34.2 Å². The highest BCUT2D eigenvalue weighted by Gasteiger charge is 2.38. The fraction of sp³-hybridized carbons (Fsp3) is 0.455. The number of amides is 2. The summed E-state index contributed by atoms with van der Waals surface area (Å²) in [5.74, 6) is -0.145. The summed E-state index contributed by atoms with van der Waals surface area (Å²) in [7, 11) is 1.91. The summed E-state index contributed by atoms with van der Waals surface area (Å²) in [6.07, 6.45) is 3.55. The normalized spacial score (nSPS) is 18.4. The van der Waals surface area contributed by atoms with E-state index in [-0.39, 0.29) is 29.6 Å². The molecule has 5 rings (SSSR count). The Labute approximate surface area is 200 Å². The van der Waals surface area contributed by atoms with Crippen LogP contribution in [0.1, 0.15) is 47.6 Å². The lowest BCUT2D eigenvalue weighted by Gasteiger charge is -2.31. The largest absolute Gasteiger partial charge is 0.368 e. The maximum Gasteiger partial charge on any atom is 0.278 e. The van der Waals surface area contributed by atoms with E-state index in [1.807, 2.05) is 11.9 Å². The van der Waals surface area contributed by atoms with Gasteiger partial charge in [0.1, 0.15) is 0 Å². The number of thiazole rings is 1. The van der Waals surface area contributed by atoms with Crippen LogP contribution in [0.5, 0.6) is 0 Å². The summed E-state index contributed by atoms with van der Waals surface area (Å²) in [6, 6.07) is 0.341. The van der Waals surface area contributed by atoms with Crippen LogP contribution in [0.15, 0.2) is 11.6 Å². The first-order valence-electron chi connectivity index (χ1n) is 11.2. The third-order valence-electron chi connectivity index (χ3n) is 6.46. The maximum absolute atomic E-state index is 13.2. The molecule has 11 nitrogen and oxygen atoms in total. The minimum Gasteiger partial charge on any atom is -0.368 e. The van der Waals surface area contributed by atoms with Gasteiger partial charge in [0.05, 0.1) is 23.5 Å². The lowest BCUT2D eigenvalue weighted by atomic mass is 9.73. The second kappa shape index (κ2) is 8.44. The van der Waals surface area contributed by atoms with E-state index >= 15 is 0 Å². The van der Waals surface area contributed by atoms with Gasteiger partial charge in [-0.15, -0.1) is 11.3 Å². The summed E-state index contributed by atoms with van der Waals surface area (Å²) in [6.45, 7) is 5.57. The number of aromatic amines is 1. The summed E-state index contributed by atoms with van der Waals surface area (Å²) < 4.78 is 0. The molecule has 0 spiro atoms. The number of anilines is 2. The standard InChI is InChI=1S/C22H27N9O2S/c1-22(2)7-11-8-25-20(23)27-16(11)17-15(22)18(30-29-17)19(33)28-21-26-13(10-34-21)6-14(32)31-5-4-12(9-31)24-3/h8,10,12,24H,4-7,9H2,1-3H3,(H,29,30)(H2,23,25,27)(H,26,28,33)/t12-/m0/s1. The fourth-order valence-electron chi connectivity index (χ4n) is 4.76. The molecule has 5 N–H and O–H groups in total. The van der Waals surface area contributed by atoms with Crippen molar-refractivity contribution in [3.8, 4) is 11.4 Å². The summed E-state index contributed by atoms with van der Waals surface area (Å²) in [5, 5.41) is 15.6. The van der Waals surface area contributed by atoms with E-state index in [1.54, 1.807) is 11.6 Å². The minimum absolute atomic E-state index is 0.0453. The number of hydrogen-bond acceptors (Lipinski definition) is 9. The number of aromatic nitrogens is 5. The Morgan fingerprint density at radius 3 is 2.94 bits per heavy atom. The zero-order chi connectivity index (χ0) is 24.0. The Morgan fingerprint density at radius 1 is 1.35 bits per heavy atom. The quantitative estimate of drug-likeness (QED) is 0.426. The summed E-state index contributed by atoms with van der Waals surface area (Å²) >= 11 is 1.29. The molecule has 34 heavy (non-hydrogen) atoms. The molecule has 1 aliphatic heterocycles. The second-order valence-electron chi connectivity index (χ2n) is 9.37. The Kier molecular flexibility index (Phi) is 5.56. The van der Waals surface area contributed by atoms with Crippen molar-refractivity contribution in [2.75, 3.05) is 31.2 Å². The highest BCUT2D eigenvalue weighted by molar-refractivity contribution is 7.14. The molecule has 1 atom stereocenters. The smallest absolute Gasteiger partial charge is 0.278 e. The molecule has 1 fully saturated rings. The first kappa shape index (κ1) is 22.4. The molecule has 4 heterocycles. The number of carbonyl (C=O) groups excluding carboxylic acids is 2. The van der Waals surface area contributed by atoms with E-state index < -0.39 is 0 Å². The van der Waals surface area contributed by atoms with Gasteiger partial charge in [0.25, 0.3) is 5.91 Å². The summed E-state index contributed by atoms with van der Waals surface area (Å²) in [4.78, 5) is 40.5. The number of nitrogens with zero attached hydrogens (tertiary/aromatic N) is 5. The van der Waals surface area contributed by atoms with Gasteiger partial charge in [-0.25, -0.2) is 15.0 Å². The zero-order valence-corrected chi connectivity index (χ0v) is 20.1. The van der Waals surface area contributed by atoms with Gasteiger partial charge in [-0.2, -0.15) is 5.10 Å². The average Bonchev–Trinajstić information content (AvgIpc) is 3.54. The number of rotatable bonds is 5. The number of fused-ring (bicyclic) bond motifs is 3. The van der Waals surface area contributed by atoms with Crippen LogP contribution >= 0.6 is 11.3 Å². The van der Waals surface area contributed by atoms with Crippen LogP contribution in [-0.2, 0) is 23.1 Å². The summed E-state index contributed by atoms with van der Waals surface area (Å²) in [5.41, 5.74) is 9.47. The predicted molar refractivity (Wildman–Crippen MR) is 129 cm³/mol. The van der Waals surface area contributed by atoms with Crippen LogP contribution in [0.4, 0.5) is 11.1 Å². The Balaban J connectivity index is 1.32. The fourth-order valence-corrected chi connectivity index (χ4v) is 5.46. The second-order valence-corrected chi connectivity index (χ2v) is 10.2. The molecule has 0 radical (unpaired) electrons. The predicted octanol–water partition coefficient (Wildman–Crippen LogP) is 1.35. The van der Waals surface area contributed by atoms with Crippen molar-refractivity contribution in [2.45, 2.75) is 44.6 Å². The van der Waals surface area contributed by atoms with E-state index in [0.717, 1.165) is 24.1 Å². The van der Waals surface area contributed by atoms with Gasteiger partial charge in [0.2, 0.25) is 11.9 Å². The Bertz CT molecular complexity index is 1270. The molecule has 12 heteroatoms. The van der Waals surface area contributed by atoms with Crippen molar-refractivity contribution in [3.63, 3.8) is 0 Å². The third kappa shape index (κ3) is 4.03. The van der Waals surface area contributed by atoms with Gasteiger partial charge >= 0.3 is 0 Å². The highest BCUT2D eigenvalue weighted by atomic mass is 32.1. The Hall–Kier alpha value is -3.38. The van der Waals surface area contributed by atoms with Crippen molar-refractivity contribution in [3.05, 3.63) is 34.1 Å². The number of hydrogen-bond donors (Lipinski definition) is 4. The molecule has 0 saturated carbocycles. The molecule has 0 unspecified atom stereocenters. The van der Waals surface area contributed by atoms with E-state index in [4.69, 9.17) is 5.73 Å². The lowest BCUT2D eigenvalue weighted by molar-refractivity contribution is -0.129. The molecular formula is C22H27N9O2S. The first-order chi connectivity index (χ1) is 16.2. The molecule has 178 valence electrons. The number of nitrogens with two attached hydrogens (primary N) is 1. The number of likely N-dealkylation sites (N-methyl/N-ethyl adjacent to an activating group) is 1. The first-order valence-corrected chi connectivity index (χ1v) is 12.0. The molecule has 1 saturated heterocycles. The molecule has 2 aliphatic rings. The lowest BCUT2D eigenvalue weighted by Crippen LogP contribution is -2.34. The van der Waals surface area contributed by atoms with Gasteiger partial charge in [-0.3, -0.25) is 20.0 Å². The van der Waals surface area contributed by atoms with Crippen molar-refractivity contribution in [1.82, 2.24) is 35.4 Å². The van der Waals surface area contributed by atoms with Crippen LogP contribution in [0.25, 0.3) is 11.4 Å². The SMILES string of the molecule is CN[C@H]1CCN(C(=O)Cc2csc(NC(=O)c3n[nH]c4c3C(C)(C)Cc3cnc(N)nc3-4)n2)C1. The monoisotopic (exact) mass is 481 g/mol. The van der Waals surface area contributed by atoms with E-state index in [0.29, 0.717) is 46.9 Å². The van der Waals surface area contributed by atoms with E-state index in [1.165, 1.54) is 11.3 Å². The molecule has 0 aromatic carbocycles. The van der Waals surface area contributed by atoms with Gasteiger partial charge in [0.15, 0.2) is 10.8 Å². The van der Waals surface area contributed by atoms with E-state index in [2.05, 4.69) is 49.6 Å². The third-order valence-corrected chi connectivity index (χ3v) is 7.27. The molecule has 3 aromatic heterocycles. The Morgan fingerprint density at radius 2 is 2.18 bits per heavy atom. The zero-order valence-electron chi connectivity index (χ0n) is 19.3. The van der Waals surface area contributed by atoms with Crippen molar-refractivity contribution < 1.29 is 9.59 Å². The van der Waals surface area contributed by atoms with Crippen LogP contribution in [0, 0.1) is 0 Å². The maximum atomic E-state index is 13.2. The molecule has 0 bridgehead atoms. The molecule has 3 aromatic rings. The van der Waals surface area contributed by atoms with Gasteiger partial charge in [-0.05, 0) is 30.9 Å². The molecule has 1 aliphatic carbocycles. The molecule has 2 amide bonds. The molecular weight excluding hydrogens is 454 g/mol. The topological polar surface area (TPSA) is 155 Å². The van der Waals surface area contributed by atoms with Crippen molar-refractivity contribution in [2.24, 2.45) is 0 Å². The van der Waals surface area contributed by atoms with Gasteiger partial charge in [-0.1, -0.05) is 13.8 Å². The van der Waals surface area contributed by atoms with Gasteiger partial charge < -0.3 is 16.0 Å². The van der Waals surface area contributed by atoms with Crippen LogP contribution in [0.3, 0.4) is 0 Å². The van der Waals surface area contributed by atoms with Crippen molar-refractivity contribution in [1.29, 1.82) is 0 Å². The van der Waals surface area contributed by atoms with E-state index in [9.17, 15) is 9.59 Å². The number of likely N-dealkylation sites (tertiary alicyclic amines) is 1. The minimum atomic E-state index is -0.361. The van der Waals surface area contributed by atoms with Crippen LogP contribution in [0.2, 0.25) is 0 Å². The number of H-pyrrole nitrogens is 1. The number of nitrogens with one attached hydrogen (secondary N) is 3.